The fraction of sp³-hybridized carbons (Fsp3) is 0.600. The van der Waals surface area contributed by atoms with E-state index >= 15 is 0 Å². The standard InChI is InChI=1S/C10H17N3O2/c1-8(2)12-9(10(14)15)3-5-13-6-4-11-7-13/h4,6-9,12H,3,5H2,1-2H3,(H,14,15). The van der Waals surface area contributed by atoms with E-state index in [-0.39, 0.29) is 6.04 Å². The predicted molar refractivity (Wildman–Crippen MR) is 56.5 cm³/mol. The van der Waals surface area contributed by atoms with Crippen molar-refractivity contribution in [1.82, 2.24) is 14.9 Å². The van der Waals surface area contributed by atoms with Gasteiger partial charge in [0.1, 0.15) is 6.04 Å². The lowest BCUT2D eigenvalue weighted by molar-refractivity contribution is -0.139. The molecule has 5 heteroatoms. The van der Waals surface area contributed by atoms with E-state index in [4.69, 9.17) is 5.11 Å². The van der Waals surface area contributed by atoms with Crippen LogP contribution in [0, 0.1) is 0 Å². The Morgan fingerprint density at radius 2 is 2.33 bits per heavy atom. The van der Waals surface area contributed by atoms with E-state index in [2.05, 4.69) is 10.3 Å². The predicted octanol–water partition coefficient (Wildman–Crippen LogP) is 0.724. The number of rotatable bonds is 6. The summed E-state index contributed by atoms with van der Waals surface area (Å²) in [5.41, 5.74) is 0. The Hall–Kier alpha value is -1.36. The molecule has 15 heavy (non-hydrogen) atoms. The minimum absolute atomic E-state index is 0.175. The van der Waals surface area contributed by atoms with Crippen LogP contribution in [-0.2, 0) is 11.3 Å². The van der Waals surface area contributed by atoms with Crippen molar-refractivity contribution in [3.8, 4) is 0 Å². The molecule has 84 valence electrons. The van der Waals surface area contributed by atoms with Crippen molar-refractivity contribution in [3.63, 3.8) is 0 Å². The fourth-order valence-corrected chi connectivity index (χ4v) is 1.38. The molecule has 0 fully saturated rings. The number of carboxylic acid groups (broad SMARTS) is 1. The SMILES string of the molecule is CC(C)NC(CCn1ccnc1)C(=O)O. The molecule has 5 nitrogen and oxygen atoms in total. The molecule has 0 saturated carbocycles. The van der Waals surface area contributed by atoms with Crippen LogP contribution < -0.4 is 5.32 Å². The molecule has 1 heterocycles. The number of aliphatic carboxylic acids is 1. The second-order valence-electron chi connectivity index (χ2n) is 3.80. The van der Waals surface area contributed by atoms with Crippen molar-refractivity contribution < 1.29 is 9.90 Å². The first-order valence-corrected chi connectivity index (χ1v) is 5.04. The smallest absolute Gasteiger partial charge is 0.320 e. The first kappa shape index (κ1) is 11.7. The van der Waals surface area contributed by atoms with Gasteiger partial charge < -0.3 is 15.0 Å². The molecule has 1 unspecified atom stereocenters. The maximum Gasteiger partial charge on any atom is 0.320 e. The third-order valence-electron chi connectivity index (χ3n) is 2.07. The molecule has 1 atom stereocenters. The summed E-state index contributed by atoms with van der Waals surface area (Å²) in [6.07, 6.45) is 5.76. The number of hydrogen-bond acceptors (Lipinski definition) is 3. The van der Waals surface area contributed by atoms with Crippen molar-refractivity contribution >= 4 is 5.97 Å². The molecule has 0 aliphatic carbocycles. The van der Waals surface area contributed by atoms with Crippen LogP contribution in [-0.4, -0.2) is 32.7 Å². The van der Waals surface area contributed by atoms with Gasteiger partial charge in [-0.25, -0.2) is 4.98 Å². The first-order chi connectivity index (χ1) is 7.09. The summed E-state index contributed by atoms with van der Waals surface area (Å²) in [7, 11) is 0. The summed E-state index contributed by atoms with van der Waals surface area (Å²) >= 11 is 0. The number of hydrogen-bond donors (Lipinski definition) is 2. The van der Waals surface area contributed by atoms with Gasteiger partial charge in [-0.15, -0.1) is 0 Å². The van der Waals surface area contributed by atoms with Crippen molar-refractivity contribution in [1.29, 1.82) is 0 Å². The molecule has 0 aliphatic rings. The Labute approximate surface area is 89.1 Å². The van der Waals surface area contributed by atoms with Gasteiger partial charge in [0.15, 0.2) is 0 Å². The van der Waals surface area contributed by atoms with Gasteiger partial charge in [0, 0.05) is 25.0 Å². The van der Waals surface area contributed by atoms with Crippen LogP contribution >= 0.6 is 0 Å². The van der Waals surface area contributed by atoms with Crippen LogP contribution in [0.4, 0.5) is 0 Å². The van der Waals surface area contributed by atoms with Crippen molar-refractivity contribution in [2.24, 2.45) is 0 Å². The highest BCUT2D eigenvalue weighted by atomic mass is 16.4. The van der Waals surface area contributed by atoms with Gasteiger partial charge in [0.05, 0.1) is 6.33 Å². The second-order valence-corrected chi connectivity index (χ2v) is 3.80. The number of nitrogens with zero attached hydrogens (tertiary/aromatic N) is 2. The van der Waals surface area contributed by atoms with Gasteiger partial charge in [-0.05, 0) is 6.42 Å². The number of imidazole rings is 1. The minimum Gasteiger partial charge on any atom is -0.480 e. The molecule has 1 aromatic heterocycles. The van der Waals surface area contributed by atoms with E-state index in [0.717, 1.165) is 0 Å². The average molecular weight is 211 g/mol. The van der Waals surface area contributed by atoms with Crippen molar-refractivity contribution in [2.45, 2.75) is 38.9 Å². The summed E-state index contributed by atoms with van der Waals surface area (Å²) in [4.78, 5) is 14.8. The van der Waals surface area contributed by atoms with E-state index in [1.54, 1.807) is 12.5 Å². The number of aromatic nitrogens is 2. The molecule has 0 saturated heterocycles. The third-order valence-corrected chi connectivity index (χ3v) is 2.07. The number of carbonyl (C=O) groups is 1. The lowest BCUT2D eigenvalue weighted by atomic mass is 10.2. The second kappa shape index (κ2) is 5.50. The third kappa shape index (κ3) is 4.12. The summed E-state index contributed by atoms with van der Waals surface area (Å²) < 4.78 is 1.87. The van der Waals surface area contributed by atoms with E-state index in [9.17, 15) is 4.79 Å². The van der Waals surface area contributed by atoms with E-state index < -0.39 is 12.0 Å². The molecule has 0 bridgehead atoms. The minimum atomic E-state index is -0.802. The average Bonchev–Trinajstić information content (AvgIpc) is 2.63. The summed E-state index contributed by atoms with van der Waals surface area (Å²) in [5, 5.41) is 12.0. The van der Waals surface area contributed by atoms with Gasteiger partial charge in [-0.3, -0.25) is 4.79 Å². The zero-order valence-electron chi connectivity index (χ0n) is 9.05. The molecule has 0 amide bonds. The van der Waals surface area contributed by atoms with E-state index in [1.807, 2.05) is 24.6 Å². The summed E-state index contributed by atoms with van der Waals surface area (Å²) in [6.45, 7) is 4.54. The zero-order chi connectivity index (χ0) is 11.3. The molecule has 0 aliphatic heterocycles. The molecule has 0 spiro atoms. The molecular formula is C10H17N3O2. The monoisotopic (exact) mass is 211 g/mol. The van der Waals surface area contributed by atoms with Crippen molar-refractivity contribution in [2.75, 3.05) is 0 Å². The highest BCUT2D eigenvalue weighted by Crippen LogP contribution is 1.99. The Morgan fingerprint density at radius 1 is 1.60 bits per heavy atom. The van der Waals surface area contributed by atoms with Crippen LogP contribution in [0.5, 0.6) is 0 Å². The fourth-order valence-electron chi connectivity index (χ4n) is 1.38. The maximum atomic E-state index is 10.9. The number of carboxylic acids is 1. The molecule has 1 rings (SSSR count). The Morgan fingerprint density at radius 3 is 2.80 bits per heavy atom. The Kier molecular flexibility index (Phi) is 4.30. The van der Waals surface area contributed by atoms with E-state index in [0.29, 0.717) is 13.0 Å². The maximum absolute atomic E-state index is 10.9. The Bertz CT molecular complexity index is 296. The molecule has 0 radical (unpaired) electrons. The molecule has 0 aromatic carbocycles. The molecule has 2 N–H and O–H groups in total. The number of aryl methyl sites for hydroxylation is 1. The molecule has 1 aromatic rings. The first-order valence-electron chi connectivity index (χ1n) is 5.04. The topological polar surface area (TPSA) is 67.2 Å². The highest BCUT2D eigenvalue weighted by molar-refractivity contribution is 5.73. The number of nitrogens with one attached hydrogen (secondary N) is 1. The molecular weight excluding hydrogens is 194 g/mol. The van der Waals surface area contributed by atoms with Gasteiger partial charge in [0.2, 0.25) is 0 Å². The van der Waals surface area contributed by atoms with Crippen molar-refractivity contribution in [3.05, 3.63) is 18.7 Å². The van der Waals surface area contributed by atoms with Crippen LogP contribution in [0.2, 0.25) is 0 Å². The lowest BCUT2D eigenvalue weighted by Crippen LogP contribution is -2.41. The normalized spacial score (nSPS) is 13.0. The summed E-state index contributed by atoms with van der Waals surface area (Å²) in [6, 6.07) is -0.318. The van der Waals surface area contributed by atoms with Gasteiger partial charge in [0.25, 0.3) is 0 Å². The summed E-state index contributed by atoms with van der Waals surface area (Å²) in [5.74, 6) is -0.802. The largest absolute Gasteiger partial charge is 0.480 e. The lowest BCUT2D eigenvalue weighted by Gasteiger charge is -2.17. The van der Waals surface area contributed by atoms with Crippen LogP contribution in [0.15, 0.2) is 18.7 Å². The van der Waals surface area contributed by atoms with Crippen LogP contribution in [0.3, 0.4) is 0 Å². The van der Waals surface area contributed by atoms with Crippen LogP contribution in [0.25, 0.3) is 0 Å². The quantitative estimate of drug-likeness (QED) is 0.727. The van der Waals surface area contributed by atoms with Crippen LogP contribution in [0.1, 0.15) is 20.3 Å². The van der Waals surface area contributed by atoms with Gasteiger partial charge in [-0.1, -0.05) is 13.8 Å². The zero-order valence-corrected chi connectivity index (χ0v) is 9.05. The van der Waals surface area contributed by atoms with E-state index in [1.165, 1.54) is 0 Å². The van der Waals surface area contributed by atoms with Gasteiger partial charge in [-0.2, -0.15) is 0 Å². The highest BCUT2D eigenvalue weighted by Gasteiger charge is 2.17. The Balaban J connectivity index is 2.41. The van der Waals surface area contributed by atoms with Gasteiger partial charge >= 0.3 is 5.97 Å².